The largest absolute Gasteiger partial charge is 0.455 e. The Morgan fingerprint density at radius 2 is 2.07 bits per heavy atom. The van der Waals surface area contributed by atoms with Crippen LogP contribution in [-0.2, 0) is 13.5 Å². The number of tetrazole rings is 1. The summed E-state index contributed by atoms with van der Waals surface area (Å²) in [6.07, 6.45) is 1.09. The van der Waals surface area contributed by atoms with Crippen molar-refractivity contribution in [3.8, 4) is 11.4 Å². The third kappa shape index (κ3) is 3.11. The maximum absolute atomic E-state index is 12.8. The maximum Gasteiger partial charge on any atom is 0.291 e. The Hall–Kier alpha value is -3.29. The van der Waals surface area contributed by atoms with Gasteiger partial charge in [-0.05, 0) is 34.9 Å². The summed E-state index contributed by atoms with van der Waals surface area (Å²) >= 11 is 0. The molecule has 0 spiro atoms. The average Bonchev–Trinajstić information content (AvgIpc) is 3.17. The van der Waals surface area contributed by atoms with Crippen LogP contribution in [0.4, 0.5) is 5.69 Å². The summed E-state index contributed by atoms with van der Waals surface area (Å²) in [5.41, 5.74) is 2.36. The van der Waals surface area contributed by atoms with E-state index in [0.717, 1.165) is 5.56 Å². The lowest BCUT2D eigenvalue weighted by molar-refractivity contribution is 0.0898. The second-order valence-corrected chi connectivity index (χ2v) is 7.96. The van der Waals surface area contributed by atoms with Crippen LogP contribution in [0.2, 0.25) is 0 Å². The molecule has 2 aromatic heterocycles. The Morgan fingerprint density at radius 1 is 1.29 bits per heavy atom. The van der Waals surface area contributed by atoms with Crippen LogP contribution in [-0.4, -0.2) is 31.9 Å². The van der Waals surface area contributed by atoms with E-state index in [1.807, 2.05) is 26.0 Å². The number of carbonyl (C=O) groups excluding carboxylic acids is 2. The van der Waals surface area contributed by atoms with E-state index in [-0.39, 0.29) is 22.9 Å². The second-order valence-electron chi connectivity index (χ2n) is 7.96. The number of rotatable bonds is 3. The van der Waals surface area contributed by atoms with Gasteiger partial charge in [-0.25, -0.2) is 4.68 Å². The minimum Gasteiger partial charge on any atom is -0.455 e. The number of aryl methyl sites for hydroxylation is 1. The fourth-order valence-corrected chi connectivity index (χ4v) is 3.70. The monoisotopic (exact) mass is 379 g/mol. The van der Waals surface area contributed by atoms with Crippen molar-refractivity contribution in [2.24, 2.45) is 12.5 Å². The number of nitrogens with one attached hydrogen (secondary N) is 1. The van der Waals surface area contributed by atoms with Crippen molar-refractivity contribution in [2.45, 2.75) is 33.6 Å². The van der Waals surface area contributed by atoms with Crippen molar-refractivity contribution in [2.75, 3.05) is 5.32 Å². The highest BCUT2D eigenvalue weighted by Gasteiger charge is 2.37. The summed E-state index contributed by atoms with van der Waals surface area (Å²) in [4.78, 5) is 25.3. The smallest absolute Gasteiger partial charge is 0.291 e. The predicted octanol–water partition coefficient (Wildman–Crippen LogP) is 3.19. The highest BCUT2D eigenvalue weighted by atomic mass is 16.4. The van der Waals surface area contributed by atoms with E-state index in [0.29, 0.717) is 41.2 Å². The number of benzene rings is 1. The van der Waals surface area contributed by atoms with E-state index in [2.05, 4.69) is 20.8 Å². The molecule has 8 nitrogen and oxygen atoms in total. The average molecular weight is 379 g/mol. The molecule has 0 saturated heterocycles. The van der Waals surface area contributed by atoms with Crippen LogP contribution in [0.25, 0.3) is 11.4 Å². The zero-order chi connectivity index (χ0) is 20.1. The quantitative estimate of drug-likeness (QED) is 0.750. The summed E-state index contributed by atoms with van der Waals surface area (Å²) in [6, 6.07) is 7.23. The molecule has 0 unspecified atom stereocenters. The Bertz CT molecular complexity index is 1090. The first-order valence-corrected chi connectivity index (χ1v) is 9.05. The van der Waals surface area contributed by atoms with E-state index >= 15 is 0 Å². The van der Waals surface area contributed by atoms with Crippen molar-refractivity contribution < 1.29 is 14.0 Å². The highest BCUT2D eigenvalue weighted by molar-refractivity contribution is 6.07. The van der Waals surface area contributed by atoms with Crippen LogP contribution in [0.5, 0.6) is 0 Å². The van der Waals surface area contributed by atoms with Gasteiger partial charge in [-0.2, -0.15) is 0 Å². The summed E-state index contributed by atoms with van der Waals surface area (Å²) < 4.78 is 7.38. The lowest BCUT2D eigenvalue weighted by atomic mass is 9.76. The molecule has 144 valence electrons. The van der Waals surface area contributed by atoms with Gasteiger partial charge in [0, 0.05) is 36.7 Å². The molecular formula is C20H21N5O3. The predicted molar refractivity (Wildman–Crippen MR) is 102 cm³/mol. The number of hydrogen-bond donors (Lipinski definition) is 1. The van der Waals surface area contributed by atoms with Crippen LogP contribution in [0.15, 0.2) is 28.7 Å². The number of anilines is 1. The van der Waals surface area contributed by atoms with Gasteiger partial charge in [-0.3, -0.25) is 9.59 Å². The van der Waals surface area contributed by atoms with Crippen LogP contribution in [0.3, 0.4) is 0 Å². The molecule has 1 aromatic carbocycles. The van der Waals surface area contributed by atoms with Crippen molar-refractivity contribution in [3.05, 3.63) is 46.9 Å². The third-order valence-electron chi connectivity index (χ3n) is 4.98. The van der Waals surface area contributed by atoms with Crippen molar-refractivity contribution in [3.63, 3.8) is 0 Å². The van der Waals surface area contributed by atoms with Crippen LogP contribution >= 0.6 is 0 Å². The maximum atomic E-state index is 12.8. The molecule has 28 heavy (non-hydrogen) atoms. The van der Waals surface area contributed by atoms with Gasteiger partial charge in [-0.1, -0.05) is 26.0 Å². The summed E-state index contributed by atoms with van der Waals surface area (Å²) in [5.74, 6) is 1.02. The van der Waals surface area contributed by atoms with Crippen molar-refractivity contribution in [1.82, 2.24) is 20.2 Å². The standard InChI is InChI=1S/C20H21N5O3/c1-11-16-14(26)9-20(2,3)10-15(16)28-17(11)19(27)21-13-7-5-6-12(8-13)18-22-23-24-25(18)4/h5-8H,9-10H2,1-4H3,(H,21,27). The number of ketones is 1. The third-order valence-corrected chi connectivity index (χ3v) is 4.98. The molecule has 0 atom stereocenters. The molecule has 3 aromatic rings. The first-order chi connectivity index (χ1) is 13.2. The number of hydrogen-bond acceptors (Lipinski definition) is 6. The lowest BCUT2D eigenvalue weighted by Gasteiger charge is -2.27. The van der Waals surface area contributed by atoms with Gasteiger partial charge < -0.3 is 9.73 Å². The van der Waals surface area contributed by atoms with Crippen molar-refractivity contribution >= 4 is 17.4 Å². The molecule has 0 fully saturated rings. The molecule has 4 rings (SSSR count). The molecule has 8 heteroatoms. The molecule has 1 N–H and O–H groups in total. The molecule has 1 aliphatic rings. The van der Waals surface area contributed by atoms with Gasteiger partial charge in [0.15, 0.2) is 17.4 Å². The SMILES string of the molecule is Cc1c(C(=O)Nc2cccc(-c3nnnn3C)c2)oc2c1C(=O)CC(C)(C)C2. The molecule has 0 saturated carbocycles. The van der Waals surface area contributed by atoms with E-state index in [1.165, 1.54) is 0 Å². The highest BCUT2D eigenvalue weighted by Crippen LogP contribution is 2.38. The zero-order valence-electron chi connectivity index (χ0n) is 16.2. The second kappa shape index (κ2) is 6.40. The summed E-state index contributed by atoms with van der Waals surface area (Å²) in [5, 5.41) is 14.3. The van der Waals surface area contributed by atoms with Gasteiger partial charge in [0.1, 0.15) is 5.76 Å². The minimum absolute atomic E-state index is 0.0309. The van der Waals surface area contributed by atoms with E-state index in [4.69, 9.17) is 4.42 Å². The Kier molecular flexibility index (Phi) is 4.14. The topological polar surface area (TPSA) is 103 Å². The van der Waals surface area contributed by atoms with Crippen LogP contribution < -0.4 is 5.32 Å². The van der Waals surface area contributed by atoms with Gasteiger partial charge in [0.05, 0.1) is 5.56 Å². The molecule has 1 aliphatic carbocycles. The zero-order valence-corrected chi connectivity index (χ0v) is 16.2. The minimum atomic E-state index is -0.384. The molecule has 0 radical (unpaired) electrons. The Balaban J connectivity index is 1.62. The first-order valence-electron chi connectivity index (χ1n) is 9.05. The fourth-order valence-electron chi connectivity index (χ4n) is 3.70. The van der Waals surface area contributed by atoms with Crippen LogP contribution in [0.1, 0.15) is 52.5 Å². The lowest BCUT2D eigenvalue weighted by Crippen LogP contribution is -2.26. The number of amides is 1. The van der Waals surface area contributed by atoms with E-state index < -0.39 is 0 Å². The van der Waals surface area contributed by atoms with Crippen LogP contribution in [0, 0.1) is 12.3 Å². The number of furan rings is 1. The molecular weight excluding hydrogens is 358 g/mol. The normalized spacial score (nSPS) is 15.4. The number of Topliss-reactive ketones (excluding diaryl/α,β-unsaturated/α-hetero) is 1. The van der Waals surface area contributed by atoms with E-state index in [1.54, 1.807) is 30.8 Å². The summed E-state index contributed by atoms with van der Waals surface area (Å²) in [7, 11) is 1.75. The number of carbonyl (C=O) groups is 2. The molecule has 0 aliphatic heterocycles. The number of nitrogens with zero attached hydrogens (tertiary/aromatic N) is 4. The Morgan fingerprint density at radius 3 is 2.79 bits per heavy atom. The molecule has 1 amide bonds. The van der Waals surface area contributed by atoms with Gasteiger partial charge >= 0.3 is 0 Å². The first kappa shape index (κ1) is 18.1. The summed E-state index contributed by atoms with van der Waals surface area (Å²) in [6.45, 7) is 5.81. The fraction of sp³-hybridized carbons (Fsp3) is 0.350. The molecule has 0 bridgehead atoms. The van der Waals surface area contributed by atoms with Crippen molar-refractivity contribution in [1.29, 1.82) is 0 Å². The van der Waals surface area contributed by atoms with Gasteiger partial charge in [0.25, 0.3) is 5.91 Å². The van der Waals surface area contributed by atoms with Gasteiger partial charge in [-0.15, -0.1) is 5.10 Å². The number of aromatic nitrogens is 4. The van der Waals surface area contributed by atoms with E-state index in [9.17, 15) is 9.59 Å². The number of fused-ring (bicyclic) bond motifs is 1. The van der Waals surface area contributed by atoms with Gasteiger partial charge in [0.2, 0.25) is 0 Å². The Labute approximate surface area is 161 Å². The molecule has 2 heterocycles.